The molecule has 1 saturated carbocycles. The number of hydrogen-bond acceptors (Lipinski definition) is 6. The summed E-state index contributed by atoms with van der Waals surface area (Å²) >= 11 is 1.26. The smallest absolute Gasteiger partial charge is 0.257 e. The van der Waals surface area contributed by atoms with E-state index in [1.165, 1.54) is 11.3 Å². The lowest BCUT2D eigenvalue weighted by atomic mass is 10.2. The van der Waals surface area contributed by atoms with E-state index in [-0.39, 0.29) is 17.7 Å². The normalized spacial score (nSPS) is 13.6. The number of nitrogens with zero attached hydrogens (tertiary/aromatic N) is 2. The van der Waals surface area contributed by atoms with Crippen LogP contribution in [0.3, 0.4) is 0 Å². The van der Waals surface area contributed by atoms with Gasteiger partial charge in [0.25, 0.3) is 5.91 Å². The zero-order chi connectivity index (χ0) is 16.2. The maximum atomic E-state index is 12.2. The van der Waals surface area contributed by atoms with Crippen LogP contribution in [0.5, 0.6) is 0 Å². The van der Waals surface area contributed by atoms with Gasteiger partial charge in [-0.05, 0) is 31.0 Å². The number of ether oxygens (including phenoxy) is 1. The van der Waals surface area contributed by atoms with Gasteiger partial charge in [-0.1, -0.05) is 17.4 Å². The molecule has 0 bridgehead atoms. The summed E-state index contributed by atoms with van der Waals surface area (Å²) in [4.78, 5) is 24.0. The Bertz CT molecular complexity index is 727. The fourth-order valence-corrected chi connectivity index (χ4v) is 2.69. The van der Waals surface area contributed by atoms with Gasteiger partial charge in [-0.25, -0.2) is 0 Å². The Morgan fingerprint density at radius 3 is 2.87 bits per heavy atom. The molecule has 7 nitrogen and oxygen atoms in total. The highest BCUT2D eigenvalue weighted by Gasteiger charge is 2.29. The van der Waals surface area contributed by atoms with E-state index in [1.54, 1.807) is 31.4 Å². The van der Waals surface area contributed by atoms with Crippen LogP contribution >= 0.6 is 11.3 Å². The van der Waals surface area contributed by atoms with Crippen molar-refractivity contribution >= 4 is 34.0 Å². The van der Waals surface area contributed by atoms with Crippen molar-refractivity contribution in [3.8, 4) is 0 Å². The monoisotopic (exact) mass is 332 g/mol. The summed E-state index contributed by atoms with van der Waals surface area (Å²) in [6.45, 7) is 0.357. The largest absolute Gasteiger partial charge is 0.377 e. The number of nitrogens with one attached hydrogen (secondary N) is 2. The molecule has 1 fully saturated rings. The first-order valence-corrected chi connectivity index (χ1v) is 8.01. The number of carbonyl (C=O) groups is 2. The Balaban J connectivity index is 1.65. The van der Waals surface area contributed by atoms with E-state index in [1.807, 2.05) is 0 Å². The van der Waals surface area contributed by atoms with Gasteiger partial charge in [-0.3, -0.25) is 14.9 Å². The van der Waals surface area contributed by atoms with Crippen molar-refractivity contribution in [1.82, 2.24) is 10.2 Å². The Morgan fingerprint density at radius 2 is 2.13 bits per heavy atom. The minimum atomic E-state index is -0.298. The molecular formula is C15H16N4O3S. The van der Waals surface area contributed by atoms with Gasteiger partial charge in [0, 0.05) is 24.3 Å². The SMILES string of the molecule is COCc1nnc(NC(=O)c2cccc(NC(=O)C3CC3)c2)s1. The molecule has 2 amide bonds. The third kappa shape index (κ3) is 4.11. The summed E-state index contributed by atoms with van der Waals surface area (Å²) in [7, 11) is 1.57. The topological polar surface area (TPSA) is 93.2 Å². The maximum absolute atomic E-state index is 12.2. The Labute approximate surface area is 137 Å². The van der Waals surface area contributed by atoms with Crippen LogP contribution in [0.2, 0.25) is 0 Å². The van der Waals surface area contributed by atoms with E-state index in [9.17, 15) is 9.59 Å². The summed E-state index contributed by atoms with van der Waals surface area (Å²) in [6, 6.07) is 6.82. The zero-order valence-corrected chi connectivity index (χ0v) is 13.4. The fourth-order valence-electron chi connectivity index (χ4n) is 1.98. The van der Waals surface area contributed by atoms with Crippen LogP contribution in [0, 0.1) is 5.92 Å². The molecular weight excluding hydrogens is 316 g/mol. The number of amides is 2. The van der Waals surface area contributed by atoms with Crippen LogP contribution in [0.1, 0.15) is 28.2 Å². The first kappa shape index (κ1) is 15.6. The minimum Gasteiger partial charge on any atom is -0.377 e. The van der Waals surface area contributed by atoms with Crippen molar-refractivity contribution in [3.63, 3.8) is 0 Å². The number of carbonyl (C=O) groups excluding carboxylic acids is 2. The number of aromatic nitrogens is 2. The molecule has 0 atom stereocenters. The Hall–Kier alpha value is -2.32. The minimum absolute atomic E-state index is 0.0101. The van der Waals surface area contributed by atoms with Gasteiger partial charge in [0.15, 0.2) is 0 Å². The summed E-state index contributed by atoms with van der Waals surface area (Å²) < 4.78 is 4.96. The van der Waals surface area contributed by atoms with Gasteiger partial charge in [0.2, 0.25) is 11.0 Å². The summed E-state index contributed by atoms with van der Waals surface area (Å²) in [5.74, 6) is -0.170. The van der Waals surface area contributed by atoms with Crippen LogP contribution in [-0.4, -0.2) is 29.1 Å². The Kier molecular flexibility index (Phi) is 4.63. The van der Waals surface area contributed by atoms with Gasteiger partial charge in [0.05, 0.1) is 0 Å². The molecule has 0 saturated heterocycles. The molecule has 120 valence electrons. The molecule has 23 heavy (non-hydrogen) atoms. The highest BCUT2D eigenvalue weighted by molar-refractivity contribution is 7.15. The van der Waals surface area contributed by atoms with Crippen molar-refractivity contribution in [1.29, 1.82) is 0 Å². The van der Waals surface area contributed by atoms with Crippen LogP contribution in [0.4, 0.5) is 10.8 Å². The number of rotatable bonds is 6. The van der Waals surface area contributed by atoms with Gasteiger partial charge in [-0.2, -0.15) is 0 Å². The van der Waals surface area contributed by atoms with E-state index in [0.29, 0.717) is 28.0 Å². The van der Waals surface area contributed by atoms with Gasteiger partial charge < -0.3 is 10.1 Å². The number of hydrogen-bond donors (Lipinski definition) is 2. The molecule has 1 heterocycles. The molecule has 0 aliphatic heterocycles. The Morgan fingerprint density at radius 1 is 1.30 bits per heavy atom. The lowest BCUT2D eigenvalue weighted by Crippen LogP contribution is -2.15. The summed E-state index contributed by atoms with van der Waals surface area (Å²) in [5.41, 5.74) is 1.06. The van der Waals surface area contributed by atoms with Gasteiger partial charge >= 0.3 is 0 Å². The van der Waals surface area contributed by atoms with Crippen molar-refractivity contribution in [2.75, 3.05) is 17.7 Å². The molecule has 1 aliphatic rings. The van der Waals surface area contributed by atoms with Gasteiger partial charge in [-0.15, -0.1) is 10.2 Å². The van der Waals surface area contributed by atoms with E-state index >= 15 is 0 Å². The lowest BCUT2D eigenvalue weighted by molar-refractivity contribution is -0.117. The zero-order valence-electron chi connectivity index (χ0n) is 12.5. The van der Waals surface area contributed by atoms with Crippen molar-refractivity contribution < 1.29 is 14.3 Å². The molecule has 0 unspecified atom stereocenters. The van der Waals surface area contributed by atoms with E-state index in [2.05, 4.69) is 20.8 Å². The van der Waals surface area contributed by atoms with E-state index in [4.69, 9.17) is 4.74 Å². The quantitative estimate of drug-likeness (QED) is 0.846. The number of anilines is 2. The number of methoxy groups -OCH3 is 1. The second-order valence-corrected chi connectivity index (χ2v) is 6.29. The van der Waals surface area contributed by atoms with Crippen LogP contribution < -0.4 is 10.6 Å². The van der Waals surface area contributed by atoms with Gasteiger partial charge in [0.1, 0.15) is 11.6 Å². The van der Waals surface area contributed by atoms with Crippen molar-refractivity contribution in [3.05, 3.63) is 34.8 Å². The number of benzene rings is 1. The lowest BCUT2D eigenvalue weighted by Gasteiger charge is -2.06. The van der Waals surface area contributed by atoms with Crippen molar-refractivity contribution in [2.24, 2.45) is 5.92 Å². The molecule has 1 aromatic carbocycles. The second-order valence-electron chi connectivity index (χ2n) is 5.23. The van der Waals surface area contributed by atoms with Crippen LogP contribution in [0.25, 0.3) is 0 Å². The highest BCUT2D eigenvalue weighted by atomic mass is 32.1. The van der Waals surface area contributed by atoms with Crippen LogP contribution in [-0.2, 0) is 16.1 Å². The standard InChI is InChI=1S/C15H16N4O3S/c1-22-8-12-18-19-15(23-12)17-14(21)10-3-2-4-11(7-10)16-13(20)9-5-6-9/h2-4,7,9H,5-6,8H2,1H3,(H,16,20)(H,17,19,21). The molecule has 3 rings (SSSR count). The first-order valence-electron chi connectivity index (χ1n) is 7.19. The highest BCUT2D eigenvalue weighted by Crippen LogP contribution is 2.30. The molecule has 1 aromatic heterocycles. The predicted octanol–water partition coefficient (Wildman–Crippen LogP) is 2.29. The van der Waals surface area contributed by atoms with E-state index in [0.717, 1.165) is 12.8 Å². The fraction of sp³-hybridized carbons (Fsp3) is 0.333. The summed E-state index contributed by atoms with van der Waals surface area (Å²) in [6.07, 6.45) is 1.87. The maximum Gasteiger partial charge on any atom is 0.257 e. The molecule has 0 radical (unpaired) electrons. The second kappa shape index (κ2) is 6.84. The predicted molar refractivity (Wildman–Crippen MR) is 86.4 cm³/mol. The molecule has 8 heteroatoms. The third-order valence-corrected chi connectivity index (χ3v) is 4.11. The molecule has 1 aliphatic carbocycles. The van der Waals surface area contributed by atoms with Crippen LogP contribution in [0.15, 0.2) is 24.3 Å². The average Bonchev–Trinajstić information content (AvgIpc) is 3.30. The van der Waals surface area contributed by atoms with E-state index < -0.39 is 0 Å². The summed E-state index contributed by atoms with van der Waals surface area (Å²) in [5, 5.41) is 14.4. The first-order chi connectivity index (χ1) is 11.2. The van der Waals surface area contributed by atoms with Crippen molar-refractivity contribution in [2.45, 2.75) is 19.4 Å². The molecule has 0 spiro atoms. The molecule has 2 N–H and O–H groups in total. The molecule has 2 aromatic rings. The third-order valence-electron chi connectivity index (χ3n) is 3.30. The average molecular weight is 332 g/mol.